The standard InChI is InChI=1S/C10H17NO3S/c1-2-5-14-6-3-10(8-11)4-7-15(12,13)9-10/h2-7,9H2,1H3. The Hall–Kier alpha value is -0.600. The maximum absolute atomic E-state index is 11.3. The van der Waals surface area contributed by atoms with E-state index in [1.165, 1.54) is 0 Å². The number of nitrogens with zero attached hydrogens (tertiary/aromatic N) is 1. The quantitative estimate of drug-likeness (QED) is 0.665. The third-order valence-electron chi connectivity index (χ3n) is 2.70. The molecule has 0 N–H and O–H groups in total. The van der Waals surface area contributed by atoms with E-state index >= 15 is 0 Å². The summed E-state index contributed by atoms with van der Waals surface area (Å²) in [5.74, 6) is 0.153. The van der Waals surface area contributed by atoms with Crippen molar-refractivity contribution < 1.29 is 13.2 Å². The van der Waals surface area contributed by atoms with Gasteiger partial charge in [-0.2, -0.15) is 5.26 Å². The van der Waals surface area contributed by atoms with Gasteiger partial charge >= 0.3 is 0 Å². The molecular weight excluding hydrogens is 214 g/mol. The van der Waals surface area contributed by atoms with Gasteiger partial charge in [0.25, 0.3) is 0 Å². The SMILES string of the molecule is CCCOCCC1(C#N)CCS(=O)(=O)C1. The fraction of sp³-hybridized carbons (Fsp3) is 0.900. The topological polar surface area (TPSA) is 67.2 Å². The minimum Gasteiger partial charge on any atom is -0.381 e. The first kappa shape index (κ1) is 12.5. The zero-order valence-corrected chi connectivity index (χ0v) is 9.85. The van der Waals surface area contributed by atoms with Gasteiger partial charge in [0.05, 0.1) is 23.0 Å². The van der Waals surface area contributed by atoms with Crippen molar-refractivity contribution in [3.8, 4) is 6.07 Å². The number of ether oxygens (including phenoxy) is 1. The van der Waals surface area contributed by atoms with Crippen LogP contribution in [-0.4, -0.2) is 33.1 Å². The van der Waals surface area contributed by atoms with Crippen LogP contribution >= 0.6 is 0 Å². The summed E-state index contributed by atoms with van der Waals surface area (Å²) >= 11 is 0. The number of sulfone groups is 1. The van der Waals surface area contributed by atoms with Crippen molar-refractivity contribution in [2.45, 2.75) is 26.2 Å². The van der Waals surface area contributed by atoms with E-state index < -0.39 is 15.3 Å². The number of rotatable bonds is 5. The predicted molar refractivity (Wildman–Crippen MR) is 57.0 cm³/mol. The molecule has 0 aromatic heterocycles. The van der Waals surface area contributed by atoms with E-state index in [-0.39, 0.29) is 11.5 Å². The number of hydrogen-bond donors (Lipinski definition) is 0. The highest BCUT2D eigenvalue weighted by atomic mass is 32.2. The average molecular weight is 231 g/mol. The highest BCUT2D eigenvalue weighted by molar-refractivity contribution is 7.91. The van der Waals surface area contributed by atoms with Gasteiger partial charge in [-0.05, 0) is 19.3 Å². The summed E-state index contributed by atoms with van der Waals surface area (Å²) in [4.78, 5) is 0. The van der Waals surface area contributed by atoms with Crippen molar-refractivity contribution in [1.29, 1.82) is 5.26 Å². The van der Waals surface area contributed by atoms with Crippen LogP contribution in [0.2, 0.25) is 0 Å². The molecule has 1 aliphatic rings. The zero-order valence-electron chi connectivity index (χ0n) is 9.03. The normalized spacial score (nSPS) is 28.8. The molecule has 1 rings (SSSR count). The zero-order chi connectivity index (χ0) is 11.4. The molecule has 5 heteroatoms. The summed E-state index contributed by atoms with van der Waals surface area (Å²) in [6.45, 7) is 3.17. The second-order valence-corrected chi connectivity index (χ2v) is 6.28. The van der Waals surface area contributed by atoms with Gasteiger partial charge in [0.2, 0.25) is 0 Å². The largest absolute Gasteiger partial charge is 0.381 e. The minimum absolute atomic E-state index is 0.00594. The van der Waals surface area contributed by atoms with E-state index in [4.69, 9.17) is 10.00 Å². The molecule has 1 fully saturated rings. The second-order valence-electron chi connectivity index (χ2n) is 4.10. The first-order chi connectivity index (χ1) is 7.04. The Labute approximate surface area is 91.1 Å². The van der Waals surface area contributed by atoms with Crippen molar-refractivity contribution in [3.63, 3.8) is 0 Å². The van der Waals surface area contributed by atoms with Gasteiger partial charge in [-0.25, -0.2) is 8.42 Å². The number of nitriles is 1. The smallest absolute Gasteiger partial charge is 0.151 e. The Morgan fingerprint density at radius 1 is 1.47 bits per heavy atom. The molecule has 0 radical (unpaired) electrons. The first-order valence-electron chi connectivity index (χ1n) is 5.23. The Balaban J connectivity index is 2.47. The van der Waals surface area contributed by atoms with Crippen molar-refractivity contribution >= 4 is 9.84 Å². The molecule has 0 saturated carbocycles. The molecule has 1 aliphatic heterocycles. The molecule has 1 unspecified atom stereocenters. The lowest BCUT2D eigenvalue weighted by Crippen LogP contribution is -2.22. The van der Waals surface area contributed by atoms with Crippen molar-refractivity contribution in [3.05, 3.63) is 0 Å². The van der Waals surface area contributed by atoms with Crippen molar-refractivity contribution in [1.82, 2.24) is 0 Å². The molecule has 0 aromatic carbocycles. The molecule has 15 heavy (non-hydrogen) atoms. The molecule has 0 aromatic rings. The maximum Gasteiger partial charge on any atom is 0.151 e. The third kappa shape index (κ3) is 3.47. The summed E-state index contributed by atoms with van der Waals surface area (Å²) in [5.41, 5.74) is -0.688. The Kier molecular flexibility index (Phi) is 4.12. The van der Waals surface area contributed by atoms with Crippen molar-refractivity contribution in [2.24, 2.45) is 5.41 Å². The Morgan fingerprint density at radius 3 is 2.67 bits per heavy atom. The lowest BCUT2D eigenvalue weighted by atomic mass is 9.86. The van der Waals surface area contributed by atoms with Crippen LogP contribution < -0.4 is 0 Å². The molecule has 0 amide bonds. The third-order valence-corrected chi connectivity index (χ3v) is 4.52. The Morgan fingerprint density at radius 2 is 2.20 bits per heavy atom. The van der Waals surface area contributed by atoms with E-state index in [1.54, 1.807) is 0 Å². The van der Waals surface area contributed by atoms with Crippen LogP contribution in [0.4, 0.5) is 0 Å². The summed E-state index contributed by atoms with van der Waals surface area (Å²) in [5, 5.41) is 9.04. The highest BCUT2D eigenvalue weighted by Crippen LogP contribution is 2.34. The second kappa shape index (κ2) is 4.95. The fourth-order valence-corrected chi connectivity index (χ4v) is 3.81. The molecule has 86 valence electrons. The molecule has 1 heterocycles. The van der Waals surface area contributed by atoms with Gasteiger partial charge in [-0.3, -0.25) is 0 Å². The lowest BCUT2D eigenvalue weighted by molar-refractivity contribution is 0.113. The van der Waals surface area contributed by atoms with Gasteiger partial charge in [0.1, 0.15) is 0 Å². The molecule has 1 saturated heterocycles. The number of hydrogen-bond acceptors (Lipinski definition) is 4. The van der Waals surface area contributed by atoms with E-state index in [0.717, 1.165) is 6.42 Å². The van der Waals surface area contributed by atoms with E-state index in [2.05, 4.69) is 6.07 Å². The van der Waals surface area contributed by atoms with E-state index in [1.807, 2.05) is 6.92 Å². The van der Waals surface area contributed by atoms with Gasteiger partial charge in [-0.1, -0.05) is 6.92 Å². The van der Waals surface area contributed by atoms with Crippen LogP contribution in [0.25, 0.3) is 0 Å². The summed E-state index contributed by atoms with van der Waals surface area (Å²) in [7, 11) is -2.99. The van der Waals surface area contributed by atoms with Crippen LogP contribution in [0.1, 0.15) is 26.2 Å². The summed E-state index contributed by atoms with van der Waals surface area (Å²) in [6, 6.07) is 2.15. The van der Waals surface area contributed by atoms with Gasteiger partial charge < -0.3 is 4.74 Å². The van der Waals surface area contributed by atoms with Crippen LogP contribution in [0, 0.1) is 16.7 Å². The fourth-order valence-electron chi connectivity index (χ4n) is 1.77. The first-order valence-corrected chi connectivity index (χ1v) is 7.05. The van der Waals surface area contributed by atoms with Gasteiger partial charge in [-0.15, -0.1) is 0 Å². The molecule has 0 aliphatic carbocycles. The van der Waals surface area contributed by atoms with Crippen LogP contribution in [0.15, 0.2) is 0 Å². The van der Waals surface area contributed by atoms with Crippen LogP contribution in [0.5, 0.6) is 0 Å². The molecule has 1 atom stereocenters. The van der Waals surface area contributed by atoms with E-state index in [0.29, 0.717) is 26.1 Å². The molecule has 0 spiro atoms. The molecular formula is C10H17NO3S. The minimum atomic E-state index is -2.99. The predicted octanol–water partition coefficient (Wildman–Crippen LogP) is 1.13. The lowest BCUT2D eigenvalue weighted by Gasteiger charge is -2.17. The van der Waals surface area contributed by atoms with Gasteiger partial charge in [0.15, 0.2) is 9.84 Å². The van der Waals surface area contributed by atoms with Crippen LogP contribution in [0.3, 0.4) is 0 Å². The molecule has 4 nitrogen and oxygen atoms in total. The van der Waals surface area contributed by atoms with Crippen LogP contribution in [-0.2, 0) is 14.6 Å². The average Bonchev–Trinajstić information content (AvgIpc) is 2.50. The van der Waals surface area contributed by atoms with Crippen molar-refractivity contribution in [2.75, 3.05) is 24.7 Å². The maximum atomic E-state index is 11.3. The monoisotopic (exact) mass is 231 g/mol. The highest BCUT2D eigenvalue weighted by Gasteiger charge is 2.42. The Bertz CT molecular complexity index is 344. The van der Waals surface area contributed by atoms with Gasteiger partial charge in [0, 0.05) is 13.2 Å². The van der Waals surface area contributed by atoms with E-state index in [9.17, 15) is 8.42 Å². The molecule has 0 bridgehead atoms. The summed E-state index contributed by atoms with van der Waals surface area (Å²) in [6.07, 6.45) is 1.93. The summed E-state index contributed by atoms with van der Waals surface area (Å²) < 4.78 is 27.9.